The van der Waals surface area contributed by atoms with Crippen molar-refractivity contribution in [2.75, 3.05) is 5.32 Å². The number of aromatic nitrogens is 2. The molecule has 6 nitrogen and oxygen atoms in total. The second kappa shape index (κ2) is 7.61. The number of furan rings is 1. The minimum absolute atomic E-state index is 0.104. The molecular weight excluding hydrogens is 304 g/mol. The first-order chi connectivity index (χ1) is 11.7. The van der Waals surface area contributed by atoms with Gasteiger partial charge in [-0.3, -0.25) is 9.48 Å². The lowest BCUT2D eigenvalue weighted by Crippen LogP contribution is -2.20. The van der Waals surface area contributed by atoms with Crippen LogP contribution in [-0.2, 0) is 17.9 Å². The van der Waals surface area contributed by atoms with Crippen LogP contribution in [0.15, 0.2) is 65.5 Å². The van der Waals surface area contributed by atoms with Crippen molar-refractivity contribution in [2.45, 2.75) is 26.1 Å². The van der Waals surface area contributed by atoms with E-state index in [2.05, 4.69) is 22.7 Å². The summed E-state index contributed by atoms with van der Waals surface area (Å²) in [5, 5.41) is 10.3. The highest BCUT2D eigenvalue weighted by Crippen LogP contribution is 2.15. The summed E-state index contributed by atoms with van der Waals surface area (Å²) in [6, 6.07) is 13.5. The molecular formula is C18H20N4O2. The van der Waals surface area contributed by atoms with Gasteiger partial charge >= 0.3 is 0 Å². The molecule has 0 unspecified atom stereocenters. The molecule has 0 saturated heterocycles. The minimum atomic E-state index is -0.104. The molecule has 124 valence electrons. The van der Waals surface area contributed by atoms with Crippen molar-refractivity contribution in [3.05, 3.63) is 72.4 Å². The summed E-state index contributed by atoms with van der Waals surface area (Å²) < 4.78 is 6.97. The largest absolute Gasteiger partial charge is 0.468 e. The fraction of sp³-hybridized carbons (Fsp3) is 0.222. The summed E-state index contributed by atoms with van der Waals surface area (Å²) in [6.45, 7) is 2.93. The lowest BCUT2D eigenvalue weighted by Gasteiger charge is -2.12. The van der Waals surface area contributed by atoms with Crippen molar-refractivity contribution in [3.8, 4) is 0 Å². The number of rotatable bonds is 7. The lowest BCUT2D eigenvalue weighted by molar-refractivity contribution is -0.116. The number of nitrogens with one attached hydrogen (secondary N) is 2. The van der Waals surface area contributed by atoms with E-state index in [0.717, 1.165) is 17.0 Å². The third-order valence-corrected chi connectivity index (χ3v) is 3.66. The Balaban J connectivity index is 1.54. The van der Waals surface area contributed by atoms with Crippen LogP contribution in [0.25, 0.3) is 0 Å². The lowest BCUT2D eigenvalue weighted by atomic mass is 10.1. The molecule has 6 heteroatoms. The molecule has 0 spiro atoms. The van der Waals surface area contributed by atoms with Crippen LogP contribution in [0.2, 0.25) is 0 Å². The molecule has 3 aromatic rings. The monoisotopic (exact) mass is 324 g/mol. The highest BCUT2D eigenvalue weighted by Gasteiger charge is 2.08. The molecule has 1 atom stereocenters. The van der Waals surface area contributed by atoms with Crippen molar-refractivity contribution in [1.29, 1.82) is 0 Å². The number of nitrogens with zero attached hydrogens (tertiary/aromatic N) is 2. The van der Waals surface area contributed by atoms with E-state index in [1.54, 1.807) is 29.4 Å². The van der Waals surface area contributed by atoms with E-state index >= 15 is 0 Å². The van der Waals surface area contributed by atoms with Crippen molar-refractivity contribution >= 4 is 11.6 Å². The topological polar surface area (TPSA) is 72.1 Å². The summed E-state index contributed by atoms with van der Waals surface area (Å²) >= 11 is 0. The van der Waals surface area contributed by atoms with Gasteiger partial charge in [-0.05, 0) is 42.8 Å². The SMILES string of the molecule is C[C@H](NCc1cccc(NC(=O)Cn2cccn2)c1)c1ccco1. The molecule has 1 amide bonds. The van der Waals surface area contributed by atoms with E-state index in [9.17, 15) is 4.79 Å². The number of amides is 1. The van der Waals surface area contributed by atoms with Gasteiger partial charge in [-0.25, -0.2) is 0 Å². The van der Waals surface area contributed by atoms with Gasteiger partial charge in [0, 0.05) is 24.6 Å². The van der Waals surface area contributed by atoms with Crippen LogP contribution in [0.3, 0.4) is 0 Å². The Morgan fingerprint density at radius 3 is 2.96 bits per heavy atom. The Morgan fingerprint density at radius 1 is 1.29 bits per heavy atom. The Bertz CT molecular complexity index is 766. The fourth-order valence-corrected chi connectivity index (χ4v) is 2.41. The van der Waals surface area contributed by atoms with Crippen LogP contribution in [0, 0.1) is 0 Å². The van der Waals surface area contributed by atoms with Crippen LogP contribution < -0.4 is 10.6 Å². The molecule has 2 heterocycles. The smallest absolute Gasteiger partial charge is 0.246 e. The third-order valence-electron chi connectivity index (χ3n) is 3.66. The van der Waals surface area contributed by atoms with Crippen LogP contribution in [0.5, 0.6) is 0 Å². The molecule has 24 heavy (non-hydrogen) atoms. The number of benzene rings is 1. The average molecular weight is 324 g/mol. The zero-order chi connectivity index (χ0) is 16.8. The zero-order valence-electron chi connectivity index (χ0n) is 13.5. The highest BCUT2D eigenvalue weighted by atomic mass is 16.3. The molecule has 1 aromatic carbocycles. The molecule has 0 radical (unpaired) electrons. The summed E-state index contributed by atoms with van der Waals surface area (Å²) in [6.07, 6.45) is 5.08. The van der Waals surface area contributed by atoms with E-state index in [1.807, 2.05) is 36.4 Å². The maximum absolute atomic E-state index is 12.0. The normalized spacial score (nSPS) is 12.0. The van der Waals surface area contributed by atoms with Gasteiger partial charge < -0.3 is 15.1 Å². The molecule has 0 saturated carbocycles. The molecule has 0 bridgehead atoms. The Hall–Kier alpha value is -2.86. The number of hydrogen-bond donors (Lipinski definition) is 2. The standard InChI is InChI=1S/C18H20N4O2/c1-14(17-7-3-10-24-17)19-12-15-5-2-6-16(11-15)21-18(23)13-22-9-4-8-20-22/h2-11,14,19H,12-13H2,1H3,(H,21,23)/t14-/m0/s1. The fourth-order valence-electron chi connectivity index (χ4n) is 2.41. The second-order valence-electron chi connectivity index (χ2n) is 5.57. The van der Waals surface area contributed by atoms with E-state index in [0.29, 0.717) is 6.54 Å². The third kappa shape index (κ3) is 4.33. The first kappa shape index (κ1) is 16.0. The molecule has 2 aromatic heterocycles. The van der Waals surface area contributed by atoms with Gasteiger partial charge in [-0.15, -0.1) is 0 Å². The van der Waals surface area contributed by atoms with Crippen molar-refractivity contribution in [1.82, 2.24) is 15.1 Å². The number of carbonyl (C=O) groups excluding carboxylic acids is 1. The van der Waals surface area contributed by atoms with Crippen molar-refractivity contribution in [2.24, 2.45) is 0 Å². The van der Waals surface area contributed by atoms with Crippen LogP contribution in [0.4, 0.5) is 5.69 Å². The summed E-state index contributed by atoms with van der Waals surface area (Å²) in [4.78, 5) is 12.0. The van der Waals surface area contributed by atoms with Gasteiger partial charge in [0.1, 0.15) is 12.3 Å². The van der Waals surface area contributed by atoms with Gasteiger partial charge in [-0.1, -0.05) is 12.1 Å². The second-order valence-corrected chi connectivity index (χ2v) is 5.57. The molecule has 3 rings (SSSR count). The van der Waals surface area contributed by atoms with E-state index < -0.39 is 0 Å². The summed E-state index contributed by atoms with van der Waals surface area (Å²) in [5.74, 6) is 0.798. The van der Waals surface area contributed by atoms with E-state index in [1.165, 1.54) is 0 Å². The van der Waals surface area contributed by atoms with Gasteiger partial charge in [0.25, 0.3) is 0 Å². The number of hydrogen-bond acceptors (Lipinski definition) is 4. The van der Waals surface area contributed by atoms with Crippen LogP contribution >= 0.6 is 0 Å². The maximum atomic E-state index is 12.0. The highest BCUT2D eigenvalue weighted by molar-refractivity contribution is 5.90. The van der Waals surface area contributed by atoms with Gasteiger partial charge in [-0.2, -0.15) is 5.10 Å². The Morgan fingerprint density at radius 2 is 2.21 bits per heavy atom. The first-order valence-electron chi connectivity index (χ1n) is 7.84. The molecule has 0 aliphatic carbocycles. The molecule has 0 fully saturated rings. The van der Waals surface area contributed by atoms with Crippen molar-refractivity contribution in [3.63, 3.8) is 0 Å². The first-order valence-corrected chi connectivity index (χ1v) is 7.84. The van der Waals surface area contributed by atoms with Crippen molar-refractivity contribution < 1.29 is 9.21 Å². The van der Waals surface area contributed by atoms with Gasteiger partial charge in [0.15, 0.2) is 0 Å². The van der Waals surface area contributed by atoms with Crippen LogP contribution in [-0.4, -0.2) is 15.7 Å². The molecule has 0 aliphatic rings. The Labute approximate surface area is 140 Å². The average Bonchev–Trinajstić information content (AvgIpc) is 3.26. The minimum Gasteiger partial charge on any atom is -0.468 e. The maximum Gasteiger partial charge on any atom is 0.246 e. The van der Waals surface area contributed by atoms with Gasteiger partial charge in [0.2, 0.25) is 5.91 Å². The van der Waals surface area contributed by atoms with E-state index in [-0.39, 0.29) is 18.5 Å². The Kier molecular flexibility index (Phi) is 5.08. The number of anilines is 1. The molecule has 2 N–H and O–H groups in total. The summed E-state index contributed by atoms with van der Waals surface area (Å²) in [5.41, 5.74) is 1.86. The summed E-state index contributed by atoms with van der Waals surface area (Å²) in [7, 11) is 0. The van der Waals surface area contributed by atoms with Gasteiger partial charge in [0.05, 0.1) is 12.3 Å². The number of carbonyl (C=O) groups is 1. The van der Waals surface area contributed by atoms with E-state index in [4.69, 9.17) is 4.42 Å². The predicted molar refractivity (Wildman–Crippen MR) is 91.3 cm³/mol. The molecule has 0 aliphatic heterocycles. The quantitative estimate of drug-likeness (QED) is 0.701. The zero-order valence-corrected chi connectivity index (χ0v) is 13.5. The predicted octanol–water partition coefficient (Wildman–Crippen LogP) is 2.97. The van der Waals surface area contributed by atoms with Crippen LogP contribution in [0.1, 0.15) is 24.3 Å².